The van der Waals surface area contributed by atoms with Crippen molar-refractivity contribution in [3.8, 4) is 0 Å². The molecule has 116 valence electrons. The molecule has 4 heteroatoms. The van der Waals surface area contributed by atoms with Gasteiger partial charge < -0.3 is 10.6 Å². The molecule has 1 amide bonds. The van der Waals surface area contributed by atoms with Gasteiger partial charge in [0.1, 0.15) is 0 Å². The average Bonchev–Trinajstić information content (AvgIpc) is 2.86. The number of carbonyl (C=O) groups is 1. The molecule has 2 aliphatic rings. The Bertz CT molecular complexity index is 324. The van der Waals surface area contributed by atoms with Crippen LogP contribution in [-0.4, -0.2) is 54.0 Å². The fourth-order valence-electron chi connectivity index (χ4n) is 4.20. The number of hydrogen-bond acceptors (Lipinski definition) is 3. The molecule has 1 aliphatic heterocycles. The minimum atomic E-state index is 0.301. The van der Waals surface area contributed by atoms with E-state index in [4.69, 9.17) is 5.73 Å². The smallest absolute Gasteiger partial charge is 0.237 e. The molecule has 2 fully saturated rings. The highest BCUT2D eigenvalue weighted by Crippen LogP contribution is 2.29. The first-order valence-electron chi connectivity index (χ1n) is 8.26. The summed E-state index contributed by atoms with van der Waals surface area (Å²) in [6, 6.07) is 1.29. The van der Waals surface area contributed by atoms with Crippen molar-refractivity contribution >= 4 is 5.91 Å². The number of piperidine rings is 1. The molecule has 1 aliphatic carbocycles. The van der Waals surface area contributed by atoms with Gasteiger partial charge >= 0.3 is 0 Å². The maximum Gasteiger partial charge on any atom is 0.237 e. The lowest BCUT2D eigenvalue weighted by atomic mass is 9.97. The van der Waals surface area contributed by atoms with Crippen molar-refractivity contribution in [2.24, 2.45) is 11.7 Å². The molecule has 0 radical (unpaired) electrons. The molecule has 0 bridgehead atoms. The number of likely N-dealkylation sites (tertiary alicyclic amines) is 1. The second-order valence-electron chi connectivity index (χ2n) is 6.84. The summed E-state index contributed by atoms with van der Waals surface area (Å²) in [5.41, 5.74) is 5.86. The van der Waals surface area contributed by atoms with Crippen LogP contribution in [0, 0.1) is 5.92 Å². The SMILES string of the molecule is CC1CCCC(C)N1C(=O)CN(C)C1CCCC1CN. The Morgan fingerprint density at radius 2 is 1.75 bits per heavy atom. The summed E-state index contributed by atoms with van der Waals surface area (Å²) in [4.78, 5) is 17.0. The van der Waals surface area contributed by atoms with Gasteiger partial charge in [-0.25, -0.2) is 0 Å². The highest BCUT2D eigenvalue weighted by atomic mass is 16.2. The molecule has 1 saturated carbocycles. The van der Waals surface area contributed by atoms with Crippen molar-refractivity contribution in [3.05, 3.63) is 0 Å². The van der Waals surface area contributed by atoms with Crippen LogP contribution >= 0.6 is 0 Å². The zero-order chi connectivity index (χ0) is 14.7. The quantitative estimate of drug-likeness (QED) is 0.855. The van der Waals surface area contributed by atoms with Gasteiger partial charge in [-0.2, -0.15) is 0 Å². The number of nitrogens with two attached hydrogens (primary N) is 1. The number of likely N-dealkylation sites (N-methyl/N-ethyl adjacent to an activating group) is 1. The van der Waals surface area contributed by atoms with Crippen LogP contribution in [-0.2, 0) is 4.79 Å². The lowest BCUT2D eigenvalue weighted by Gasteiger charge is -2.40. The summed E-state index contributed by atoms with van der Waals surface area (Å²) < 4.78 is 0. The third kappa shape index (κ3) is 3.34. The van der Waals surface area contributed by atoms with Crippen LogP contribution in [0.5, 0.6) is 0 Å². The molecule has 4 nitrogen and oxygen atoms in total. The Hall–Kier alpha value is -0.610. The first-order chi connectivity index (χ1) is 9.54. The van der Waals surface area contributed by atoms with Crippen LogP contribution in [0.1, 0.15) is 52.4 Å². The molecule has 1 saturated heterocycles. The normalized spacial score (nSPS) is 34.8. The Labute approximate surface area is 123 Å². The monoisotopic (exact) mass is 281 g/mol. The van der Waals surface area contributed by atoms with Gasteiger partial charge in [0.25, 0.3) is 0 Å². The predicted molar refractivity (Wildman–Crippen MR) is 82.4 cm³/mol. The third-order valence-corrected chi connectivity index (χ3v) is 5.35. The van der Waals surface area contributed by atoms with E-state index in [1.165, 1.54) is 25.7 Å². The van der Waals surface area contributed by atoms with Crippen LogP contribution in [0.25, 0.3) is 0 Å². The zero-order valence-corrected chi connectivity index (χ0v) is 13.3. The van der Waals surface area contributed by atoms with Crippen molar-refractivity contribution in [2.75, 3.05) is 20.1 Å². The molecule has 0 spiro atoms. The molecule has 2 rings (SSSR count). The van der Waals surface area contributed by atoms with E-state index in [2.05, 4.69) is 30.7 Å². The van der Waals surface area contributed by atoms with Crippen LogP contribution in [0.3, 0.4) is 0 Å². The van der Waals surface area contributed by atoms with Gasteiger partial charge in [-0.3, -0.25) is 9.69 Å². The summed E-state index contributed by atoms with van der Waals surface area (Å²) in [6.07, 6.45) is 7.21. The highest BCUT2D eigenvalue weighted by Gasteiger charge is 2.33. The average molecular weight is 281 g/mol. The Kier molecular flexibility index (Phi) is 5.44. The molecule has 20 heavy (non-hydrogen) atoms. The minimum absolute atomic E-state index is 0.301. The van der Waals surface area contributed by atoms with Crippen molar-refractivity contribution in [2.45, 2.75) is 70.5 Å². The highest BCUT2D eigenvalue weighted by molar-refractivity contribution is 5.79. The molecule has 0 aromatic heterocycles. The second-order valence-corrected chi connectivity index (χ2v) is 6.84. The Morgan fingerprint density at radius 1 is 1.15 bits per heavy atom. The van der Waals surface area contributed by atoms with E-state index in [0.29, 0.717) is 36.5 Å². The van der Waals surface area contributed by atoms with Crippen molar-refractivity contribution in [3.63, 3.8) is 0 Å². The van der Waals surface area contributed by atoms with E-state index in [1.54, 1.807) is 0 Å². The number of hydrogen-bond donors (Lipinski definition) is 1. The molecule has 4 atom stereocenters. The predicted octanol–water partition coefficient (Wildman–Crippen LogP) is 1.84. The zero-order valence-electron chi connectivity index (χ0n) is 13.3. The van der Waals surface area contributed by atoms with Gasteiger partial charge in [0.05, 0.1) is 6.54 Å². The van der Waals surface area contributed by atoms with Crippen LogP contribution in [0.2, 0.25) is 0 Å². The first kappa shape index (κ1) is 15.8. The lowest BCUT2D eigenvalue weighted by molar-refractivity contribution is -0.138. The summed E-state index contributed by atoms with van der Waals surface area (Å²) in [7, 11) is 2.09. The number of rotatable bonds is 4. The topological polar surface area (TPSA) is 49.6 Å². The first-order valence-corrected chi connectivity index (χ1v) is 8.26. The van der Waals surface area contributed by atoms with Crippen molar-refractivity contribution < 1.29 is 4.79 Å². The van der Waals surface area contributed by atoms with Crippen LogP contribution in [0.4, 0.5) is 0 Å². The van der Waals surface area contributed by atoms with E-state index in [9.17, 15) is 4.79 Å². The summed E-state index contributed by atoms with van der Waals surface area (Å²) in [6.45, 7) is 5.67. The maximum absolute atomic E-state index is 12.6. The standard InChI is InChI=1S/C16H31N3O/c1-12-6-4-7-13(2)19(12)16(20)11-18(3)15-9-5-8-14(15)10-17/h12-15H,4-11,17H2,1-3H3. The van der Waals surface area contributed by atoms with Gasteiger partial charge in [0.2, 0.25) is 5.91 Å². The molecule has 0 aromatic rings. The maximum atomic E-state index is 12.6. The third-order valence-electron chi connectivity index (χ3n) is 5.35. The fraction of sp³-hybridized carbons (Fsp3) is 0.938. The number of nitrogens with zero attached hydrogens (tertiary/aromatic N) is 2. The van der Waals surface area contributed by atoms with Gasteiger partial charge in [-0.15, -0.1) is 0 Å². The van der Waals surface area contributed by atoms with E-state index in [0.717, 1.165) is 19.4 Å². The van der Waals surface area contributed by atoms with Crippen molar-refractivity contribution in [1.82, 2.24) is 9.80 Å². The van der Waals surface area contributed by atoms with E-state index in [1.807, 2.05) is 0 Å². The Balaban J connectivity index is 1.93. The number of carbonyl (C=O) groups excluding carboxylic acids is 1. The molecule has 0 aromatic carbocycles. The van der Waals surface area contributed by atoms with Gasteiger partial charge in [0.15, 0.2) is 0 Å². The molecule has 1 heterocycles. The van der Waals surface area contributed by atoms with E-state index in [-0.39, 0.29) is 0 Å². The van der Waals surface area contributed by atoms with Gasteiger partial charge in [0, 0.05) is 18.1 Å². The lowest BCUT2D eigenvalue weighted by Crippen LogP contribution is -2.52. The van der Waals surface area contributed by atoms with Crippen LogP contribution < -0.4 is 5.73 Å². The van der Waals surface area contributed by atoms with Gasteiger partial charge in [-0.1, -0.05) is 6.42 Å². The van der Waals surface area contributed by atoms with Crippen molar-refractivity contribution in [1.29, 1.82) is 0 Å². The summed E-state index contributed by atoms with van der Waals surface area (Å²) in [5.74, 6) is 0.874. The summed E-state index contributed by atoms with van der Waals surface area (Å²) >= 11 is 0. The van der Waals surface area contributed by atoms with E-state index < -0.39 is 0 Å². The molecule has 2 N–H and O–H groups in total. The summed E-state index contributed by atoms with van der Waals surface area (Å²) in [5, 5.41) is 0. The van der Waals surface area contributed by atoms with Crippen LogP contribution in [0.15, 0.2) is 0 Å². The molecular weight excluding hydrogens is 250 g/mol. The van der Waals surface area contributed by atoms with E-state index >= 15 is 0 Å². The molecule has 4 unspecified atom stereocenters. The fourth-order valence-corrected chi connectivity index (χ4v) is 4.20. The Morgan fingerprint density at radius 3 is 2.35 bits per heavy atom. The van der Waals surface area contributed by atoms with Gasteiger partial charge in [-0.05, 0) is 65.5 Å². The number of amides is 1. The second kappa shape index (κ2) is 6.90. The molecular formula is C16H31N3O. The minimum Gasteiger partial charge on any atom is -0.336 e. The largest absolute Gasteiger partial charge is 0.336 e.